The van der Waals surface area contributed by atoms with Crippen molar-refractivity contribution in [2.24, 2.45) is 0 Å². The molecule has 3 N–H and O–H groups in total. The molecule has 0 saturated carbocycles. The Balaban J connectivity index is 1.89. The summed E-state index contributed by atoms with van der Waals surface area (Å²) >= 11 is 3.55. The molecule has 3 nitrogen and oxygen atoms in total. The van der Waals surface area contributed by atoms with Gasteiger partial charge in [-0.25, -0.2) is 0 Å². The Labute approximate surface area is 120 Å². The van der Waals surface area contributed by atoms with E-state index >= 15 is 0 Å². The summed E-state index contributed by atoms with van der Waals surface area (Å²) in [5, 5.41) is 3.51. The maximum atomic E-state index is 5.89. The average Bonchev–Trinajstić information content (AvgIpc) is 2.80. The van der Waals surface area contributed by atoms with Gasteiger partial charge < -0.3 is 15.8 Å². The Morgan fingerprint density at radius 1 is 1.32 bits per heavy atom. The molecule has 98 valence electrons. The topological polar surface area (TPSA) is 47.3 Å². The van der Waals surface area contributed by atoms with Gasteiger partial charge in [-0.15, -0.1) is 0 Å². The van der Waals surface area contributed by atoms with E-state index in [0.29, 0.717) is 6.61 Å². The third-order valence-electron chi connectivity index (χ3n) is 3.39. The lowest BCUT2D eigenvalue weighted by atomic mass is 10.1. The first-order valence-corrected chi connectivity index (χ1v) is 6.98. The Morgan fingerprint density at radius 3 is 2.95 bits per heavy atom. The van der Waals surface area contributed by atoms with Crippen LogP contribution < -0.4 is 15.8 Å². The summed E-state index contributed by atoms with van der Waals surface area (Å²) in [6.07, 6.45) is 0. The maximum Gasteiger partial charge on any atom is 0.124 e. The third-order valence-corrected chi connectivity index (χ3v) is 4.04. The molecule has 1 aliphatic rings. The molecular formula is C15H15BrN2O. The molecule has 1 unspecified atom stereocenters. The maximum absolute atomic E-state index is 5.89. The fourth-order valence-electron chi connectivity index (χ4n) is 2.28. The van der Waals surface area contributed by atoms with Crippen LogP contribution in [0.3, 0.4) is 0 Å². The SMILES string of the molecule is Cc1cc(NC2COc3ccccc32)c(Br)cc1N. The van der Waals surface area contributed by atoms with E-state index in [0.717, 1.165) is 27.2 Å². The number of para-hydroxylation sites is 1. The molecule has 0 radical (unpaired) electrons. The van der Waals surface area contributed by atoms with Crippen LogP contribution in [0.15, 0.2) is 40.9 Å². The first-order chi connectivity index (χ1) is 9.15. The molecule has 2 aromatic rings. The van der Waals surface area contributed by atoms with Crippen LogP contribution in [-0.4, -0.2) is 6.61 Å². The summed E-state index contributed by atoms with van der Waals surface area (Å²) in [4.78, 5) is 0. The fourth-order valence-corrected chi connectivity index (χ4v) is 2.75. The van der Waals surface area contributed by atoms with Crippen molar-refractivity contribution in [2.45, 2.75) is 13.0 Å². The summed E-state index contributed by atoms with van der Waals surface area (Å²) in [6.45, 7) is 2.65. The molecule has 0 fully saturated rings. The fraction of sp³-hybridized carbons (Fsp3) is 0.200. The normalized spacial score (nSPS) is 16.8. The molecule has 1 aliphatic heterocycles. The minimum absolute atomic E-state index is 0.176. The van der Waals surface area contributed by atoms with Crippen LogP contribution in [-0.2, 0) is 0 Å². The van der Waals surface area contributed by atoms with Gasteiger partial charge in [-0.05, 0) is 46.6 Å². The zero-order valence-electron chi connectivity index (χ0n) is 10.6. The number of nitrogens with two attached hydrogens (primary N) is 1. The first-order valence-electron chi connectivity index (χ1n) is 6.19. The lowest BCUT2D eigenvalue weighted by Gasteiger charge is -2.16. The number of fused-ring (bicyclic) bond motifs is 1. The Kier molecular flexibility index (Phi) is 3.11. The van der Waals surface area contributed by atoms with E-state index in [4.69, 9.17) is 10.5 Å². The number of anilines is 2. The van der Waals surface area contributed by atoms with Gasteiger partial charge in [0, 0.05) is 21.4 Å². The van der Waals surface area contributed by atoms with Gasteiger partial charge in [0.25, 0.3) is 0 Å². The van der Waals surface area contributed by atoms with E-state index in [9.17, 15) is 0 Å². The van der Waals surface area contributed by atoms with Crippen molar-refractivity contribution >= 4 is 27.3 Å². The number of nitrogen functional groups attached to an aromatic ring is 1. The van der Waals surface area contributed by atoms with Crippen LogP contribution >= 0.6 is 15.9 Å². The minimum atomic E-state index is 0.176. The van der Waals surface area contributed by atoms with Gasteiger partial charge in [-0.3, -0.25) is 0 Å². The van der Waals surface area contributed by atoms with Crippen molar-refractivity contribution in [1.29, 1.82) is 0 Å². The van der Waals surface area contributed by atoms with Crippen molar-refractivity contribution in [1.82, 2.24) is 0 Å². The number of rotatable bonds is 2. The Morgan fingerprint density at radius 2 is 2.11 bits per heavy atom. The summed E-state index contributed by atoms with van der Waals surface area (Å²) in [7, 11) is 0. The van der Waals surface area contributed by atoms with E-state index in [1.807, 2.05) is 31.2 Å². The highest BCUT2D eigenvalue weighted by atomic mass is 79.9. The van der Waals surface area contributed by atoms with Crippen LogP contribution in [0.4, 0.5) is 11.4 Å². The van der Waals surface area contributed by atoms with Crippen molar-refractivity contribution in [3.8, 4) is 5.75 Å². The van der Waals surface area contributed by atoms with E-state index in [1.165, 1.54) is 5.56 Å². The van der Waals surface area contributed by atoms with E-state index < -0.39 is 0 Å². The van der Waals surface area contributed by atoms with Gasteiger partial charge in [-0.1, -0.05) is 18.2 Å². The highest BCUT2D eigenvalue weighted by molar-refractivity contribution is 9.10. The van der Waals surface area contributed by atoms with Crippen LogP contribution in [0.25, 0.3) is 0 Å². The molecule has 0 amide bonds. The van der Waals surface area contributed by atoms with E-state index in [-0.39, 0.29) is 6.04 Å². The van der Waals surface area contributed by atoms with Gasteiger partial charge >= 0.3 is 0 Å². The number of nitrogens with one attached hydrogen (secondary N) is 1. The van der Waals surface area contributed by atoms with Crippen LogP contribution in [0.1, 0.15) is 17.2 Å². The predicted molar refractivity (Wildman–Crippen MR) is 81.6 cm³/mol. The lowest BCUT2D eigenvalue weighted by molar-refractivity contribution is 0.340. The molecular weight excluding hydrogens is 304 g/mol. The molecule has 0 bridgehead atoms. The zero-order valence-corrected chi connectivity index (χ0v) is 12.2. The van der Waals surface area contributed by atoms with Crippen LogP contribution in [0.2, 0.25) is 0 Å². The molecule has 2 aromatic carbocycles. The van der Waals surface area contributed by atoms with Gasteiger partial charge in [0.15, 0.2) is 0 Å². The smallest absolute Gasteiger partial charge is 0.124 e. The van der Waals surface area contributed by atoms with Gasteiger partial charge in [-0.2, -0.15) is 0 Å². The molecule has 19 heavy (non-hydrogen) atoms. The quantitative estimate of drug-likeness (QED) is 0.826. The van der Waals surface area contributed by atoms with E-state index in [1.54, 1.807) is 0 Å². The first kappa shape index (κ1) is 12.4. The number of aryl methyl sites for hydroxylation is 1. The molecule has 0 saturated heterocycles. The third kappa shape index (κ3) is 2.28. The van der Waals surface area contributed by atoms with Gasteiger partial charge in [0.1, 0.15) is 12.4 Å². The summed E-state index contributed by atoms with van der Waals surface area (Å²) < 4.78 is 6.65. The zero-order chi connectivity index (χ0) is 13.4. The summed E-state index contributed by atoms with van der Waals surface area (Å²) in [5.74, 6) is 0.961. The van der Waals surface area contributed by atoms with Gasteiger partial charge in [0.2, 0.25) is 0 Å². The summed E-state index contributed by atoms with van der Waals surface area (Å²) in [6, 6.07) is 12.3. The van der Waals surface area contributed by atoms with Crippen molar-refractivity contribution in [3.63, 3.8) is 0 Å². The highest BCUT2D eigenvalue weighted by Crippen LogP contribution is 2.36. The van der Waals surface area contributed by atoms with Crippen LogP contribution in [0, 0.1) is 6.92 Å². The molecule has 0 spiro atoms. The average molecular weight is 319 g/mol. The molecule has 1 heterocycles. The Hall–Kier alpha value is -1.68. The highest BCUT2D eigenvalue weighted by Gasteiger charge is 2.23. The lowest BCUT2D eigenvalue weighted by Crippen LogP contribution is -2.12. The molecule has 0 aromatic heterocycles. The minimum Gasteiger partial charge on any atom is -0.491 e. The monoisotopic (exact) mass is 318 g/mol. The van der Waals surface area contributed by atoms with Crippen LogP contribution in [0.5, 0.6) is 5.75 Å². The summed E-state index contributed by atoms with van der Waals surface area (Å²) in [5.41, 5.74) is 9.99. The molecule has 1 atom stereocenters. The molecule has 4 heteroatoms. The number of hydrogen-bond donors (Lipinski definition) is 2. The number of halogens is 1. The molecule has 3 rings (SSSR count). The molecule has 0 aliphatic carbocycles. The predicted octanol–water partition coefficient (Wildman–Crippen LogP) is 3.89. The number of hydrogen-bond acceptors (Lipinski definition) is 3. The van der Waals surface area contributed by atoms with Crippen molar-refractivity contribution in [3.05, 3.63) is 52.0 Å². The second-order valence-corrected chi connectivity index (χ2v) is 5.59. The number of ether oxygens (including phenoxy) is 1. The van der Waals surface area contributed by atoms with E-state index in [2.05, 4.69) is 33.4 Å². The standard InChI is InChI=1S/C15H15BrN2O/c1-9-6-13(11(16)7-12(9)17)18-14-8-19-15-5-3-2-4-10(14)15/h2-7,14,18H,8,17H2,1H3. The van der Waals surface area contributed by atoms with Crippen molar-refractivity contribution < 1.29 is 4.74 Å². The second-order valence-electron chi connectivity index (χ2n) is 4.73. The Bertz CT molecular complexity index is 628. The van der Waals surface area contributed by atoms with Gasteiger partial charge in [0.05, 0.1) is 6.04 Å². The number of benzene rings is 2. The van der Waals surface area contributed by atoms with Crippen molar-refractivity contribution in [2.75, 3.05) is 17.7 Å². The largest absolute Gasteiger partial charge is 0.491 e. The second kappa shape index (κ2) is 4.78.